The first-order valence-corrected chi connectivity index (χ1v) is 14.2. The van der Waals surface area contributed by atoms with Crippen molar-refractivity contribution in [2.45, 2.75) is 51.9 Å². The molecular formula is C31H31FN8O3. The summed E-state index contributed by atoms with van der Waals surface area (Å²) in [5.74, 6) is -0.813. The minimum absolute atomic E-state index is 0.0147. The highest BCUT2D eigenvalue weighted by Crippen LogP contribution is 2.29. The number of aromatic nitrogens is 6. The summed E-state index contributed by atoms with van der Waals surface area (Å²) in [6.07, 6.45) is 7.41. The van der Waals surface area contributed by atoms with Crippen LogP contribution in [0.2, 0.25) is 0 Å². The minimum Gasteiger partial charge on any atom is -0.476 e. The van der Waals surface area contributed by atoms with Gasteiger partial charge in [-0.15, -0.1) is 0 Å². The van der Waals surface area contributed by atoms with Gasteiger partial charge in [-0.3, -0.25) is 4.90 Å². The van der Waals surface area contributed by atoms with Crippen molar-refractivity contribution in [2.24, 2.45) is 0 Å². The summed E-state index contributed by atoms with van der Waals surface area (Å²) in [4.78, 5) is 23.0. The number of fused-ring (bicyclic) bond motifs is 1. The summed E-state index contributed by atoms with van der Waals surface area (Å²) in [6, 6.07) is 13.6. The number of ether oxygens (including phenoxy) is 1. The molecule has 1 aliphatic rings. The predicted octanol–water partition coefficient (Wildman–Crippen LogP) is 4.46. The molecule has 0 aliphatic carbocycles. The van der Waals surface area contributed by atoms with Crippen LogP contribution in [0.15, 0.2) is 61.2 Å². The monoisotopic (exact) mass is 582 g/mol. The molecule has 1 N–H and O–H groups in total. The lowest BCUT2D eigenvalue weighted by Gasteiger charge is -2.31. The molecule has 1 fully saturated rings. The number of carboxylic acids is 1. The van der Waals surface area contributed by atoms with E-state index in [0.29, 0.717) is 24.5 Å². The van der Waals surface area contributed by atoms with Gasteiger partial charge in [-0.05, 0) is 51.1 Å². The molecule has 0 radical (unpaired) electrons. The van der Waals surface area contributed by atoms with Crippen LogP contribution in [0.25, 0.3) is 5.65 Å². The van der Waals surface area contributed by atoms with Gasteiger partial charge in [0.1, 0.15) is 18.1 Å². The van der Waals surface area contributed by atoms with Crippen molar-refractivity contribution in [3.8, 4) is 11.9 Å². The molecule has 0 saturated carbocycles. The Hall–Kier alpha value is -5.02. The van der Waals surface area contributed by atoms with E-state index in [0.717, 1.165) is 55.2 Å². The number of benzene rings is 1. The molecule has 4 aromatic heterocycles. The molecule has 0 spiro atoms. The highest BCUT2D eigenvalue weighted by molar-refractivity contribution is 5.86. The smallest absolute Gasteiger partial charge is 0.356 e. The third-order valence-corrected chi connectivity index (χ3v) is 7.98. The number of hydrogen-bond donors (Lipinski definition) is 1. The fourth-order valence-electron chi connectivity index (χ4n) is 5.62. The van der Waals surface area contributed by atoms with Gasteiger partial charge in [-0.1, -0.05) is 12.1 Å². The maximum atomic E-state index is 14.3. The molecule has 6 rings (SSSR count). The molecule has 1 saturated heterocycles. The molecule has 0 amide bonds. The third-order valence-electron chi connectivity index (χ3n) is 7.98. The van der Waals surface area contributed by atoms with Gasteiger partial charge in [0.15, 0.2) is 5.69 Å². The first-order valence-electron chi connectivity index (χ1n) is 14.2. The number of hydrogen-bond acceptors (Lipinski definition) is 7. The van der Waals surface area contributed by atoms with E-state index in [1.165, 1.54) is 6.07 Å². The molecule has 43 heavy (non-hydrogen) atoms. The molecule has 1 aliphatic heterocycles. The van der Waals surface area contributed by atoms with Gasteiger partial charge in [0, 0.05) is 48.6 Å². The fraction of sp³-hybridized carbons (Fsp3) is 0.323. The average molecular weight is 583 g/mol. The number of aromatic carboxylic acids is 1. The Bertz CT molecular complexity index is 1810. The number of aryl methyl sites for hydroxylation is 1. The average Bonchev–Trinajstić information content (AvgIpc) is 3.73. The second-order valence-corrected chi connectivity index (χ2v) is 10.7. The van der Waals surface area contributed by atoms with Gasteiger partial charge < -0.3 is 19.0 Å². The molecule has 5 heterocycles. The van der Waals surface area contributed by atoms with Crippen molar-refractivity contribution >= 4 is 11.6 Å². The van der Waals surface area contributed by atoms with E-state index >= 15 is 0 Å². The van der Waals surface area contributed by atoms with Gasteiger partial charge in [0.05, 0.1) is 42.1 Å². The van der Waals surface area contributed by atoms with Crippen molar-refractivity contribution in [2.75, 3.05) is 13.1 Å². The number of nitrogens with zero attached hydrogens (tertiary/aromatic N) is 8. The van der Waals surface area contributed by atoms with Crippen molar-refractivity contribution in [1.29, 1.82) is 5.26 Å². The van der Waals surface area contributed by atoms with Gasteiger partial charge in [-0.2, -0.15) is 10.4 Å². The molecule has 1 aromatic carbocycles. The Balaban J connectivity index is 1.12. The van der Waals surface area contributed by atoms with E-state index in [1.54, 1.807) is 35.1 Å². The summed E-state index contributed by atoms with van der Waals surface area (Å²) < 4.78 is 25.9. The summed E-state index contributed by atoms with van der Waals surface area (Å²) in [7, 11) is 0. The van der Waals surface area contributed by atoms with Crippen LogP contribution in [0.5, 0.6) is 5.88 Å². The summed E-state index contributed by atoms with van der Waals surface area (Å²) >= 11 is 0. The number of pyridine rings is 1. The van der Waals surface area contributed by atoms with Crippen LogP contribution < -0.4 is 4.74 Å². The molecule has 12 heteroatoms. The van der Waals surface area contributed by atoms with E-state index in [9.17, 15) is 14.3 Å². The third kappa shape index (κ3) is 5.98. The number of carbonyl (C=O) groups is 1. The lowest BCUT2D eigenvalue weighted by Crippen LogP contribution is -2.33. The summed E-state index contributed by atoms with van der Waals surface area (Å²) in [5, 5.41) is 22.7. The zero-order valence-corrected chi connectivity index (χ0v) is 23.7. The predicted molar refractivity (Wildman–Crippen MR) is 154 cm³/mol. The normalized spacial score (nSPS) is 14.3. The SMILES string of the molecule is CCn1cncc1Cn1c(CN2CCC(c3cccc(OCc4ccc(C#N)cc4F)n3)CC2)cn2nc(C(=O)O)cc12. The van der Waals surface area contributed by atoms with E-state index in [-0.39, 0.29) is 23.8 Å². The first-order chi connectivity index (χ1) is 20.9. The Morgan fingerprint density at radius 3 is 2.74 bits per heavy atom. The van der Waals surface area contributed by atoms with Gasteiger partial charge in [0.2, 0.25) is 5.88 Å². The number of rotatable bonds is 10. The molecule has 0 bridgehead atoms. The second kappa shape index (κ2) is 12.1. The maximum absolute atomic E-state index is 14.3. The van der Waals surface area contributed by atoms with Crippen LogP contribution >= 0.6 is 0 Å². The highest BCUT2D eigenvalue weighted by Gasteiger charge is 2.24. The Morgan fingerprint density at radius 1 is 1.16 bits per heavy atom. The molecular weight excluding hydrogens is 551 g/mol. The van der Waals surface area contributed by atoms with Crippen molar-refractivity contribution < 1.29 is 19.0 Å². The van der Waals surface area contributed by atoms with Gasteiger partial charge in [0.25, 0.3) is 0 Å². The number of carboxylic acid groups (broad SMARTS) is 1. The fourth-order valence-corrected chi connectivity index (χ4v) is 5.62. The minimum atomic E-state index is -1.05. The Morgan fingerprint density at radius 2 is 2.00 bits per heavy atom. The maximum Gasteiger partial charge on any atom is 0.356 e. The molecule has 220 valence electrons. The lowest BCUT2D eigenvalue weighted by atomic mass is 9.93. The molecule has 5 aromatic rings. The molecule has 0 unspecified atom stereocenters. The largest absolute Gasteiger partial charge is 0.476 e. The van der Waals surface area contributed by atoms with Crippen LogP contribution in [0, 0.1) is 17.1 Å². The summed E-state index contributed by atoms with van der Waals surface area (Å²) in [5.41, 5.74) is 4.42. The number of halogens is 1. The van der Waals surface area contributed by atoms with E-state index in [4.69, 9.17) is 15.0 Å². The lowest BCUT2D eigenvalue weighted by molar-refractivity contribution is 0.0690. The summed E-state index contributed by atoms with van der Waals surface area (Å²) in [6.45, 7) is 5.89. The quantitative estimate of drug-likeness (QED) is 0.256. The van der Waals surface area contributed by atoms with E-state index in [1.807, 2.05) is 30.6 Å². The van der Waals surface area contributed by atoms with Crippen molar-refractivity contribution in [3.05, 3.63) is 101 Å². The number of likely N-dealkylation sites (tertiary alicyclic amines) is 1. The molecule has 0 atom stereocenters. The van der Waals surface area contributed by atoms with Crippen LogP contribution in [-0.4, -0.2) is 57.8 Å². The van der Waals surface area contributed by atoms with E-state index < -0.39 is 11.8 Å². The zero-order valence-electron chi connectivity index (χ0n) is 23.7. The second-order valence-electron chi connectivity index (χ2n) is 10.7. The highest BCUT2D eigenvalue weighted by atomic mass is 19.1. The first kappa shape index (κ1) is 28.1. The van der Waals surface area contributed by atoms with E-state index in [2.05, 4.69) is 31.0 Å². The standard InChI is InChI=1S/C31H31FN8O3/c1-2-38-20-34-15-24(38)17-39-25(18-40-30(39)13-28(36-40)31(41)42)16-37-10-8-22(9-11-37)27-4-3-5-29(35-27)43-19-23-7-6-21(14-33)12-26(23)32/h3-7,12-13,15,18,20,22H,2,8-11,16-17,19H2,1H3,(H,41,42). The van der Waals surface area contributed by atoms with Crippen molar-refractivity contribution in [3.63, 3.8) is 0 Å². The van der Waals surface area contributed by atoms with Gasteiger partial charge >= 0.3 is 5.97 Å². The Labute approximate surface area is 247 Å². The number of piperidine rings is 1. The van der Waals surface area contributed by atoms with Crippen molar-refractivity contribution in [1.82, 2.24) is 33.6 Å². The topological polar surface area (TPSA) is 127 Å². The van der Waals surface area contributed by atoms with Gasteiger partial charge in [-0.25, -0.2) is 23.7 Å². The van der Waals surface area contributed by atoms with Crippen LogP contribution in [-0.2, 0) is 26.2 Å². The van der Waals surface area contributed by atoms with Crippen LogP contribution in [0.1, 0.15) is 64.4 Å². The van der Waals surface area contributed by atoms with Crippen LogP contribution in [0.3, 0.4) is 0 Å². The number of imidazole rings is 2. The van der Waals surface area contributed by atoms with Crippen LogP contribution in [0.4, 0.5) is 4.39 Å². The zero-order chi connectivity index (χ0) is 29.9. The Kier molecular flexibility index (Phi) is 7.89. The number of nitriles is 1. The molecule has 11 nitrogen and oxygen atoms in total.